The minimum absolute atomic E-state index is 0.0660. The molecule has 0 spiro atoms. The second kappa shape index (κ2) is 6.30. The smallest absolute Gasteiger partial charge is 0.309 e. The highest BCUT2D eigenvalue weighted by molar-refractivity contribution is 5.75. The van der Waals surface area contributed by atoms with Crippen molar-refractivity contribution in [2.24, 2.45) is 11.8 Å². The van der Waals surface area contributed by atoms with Crippen molar-refractivity contribution in [3.8, 4) is 11.5 Å². The van der Waals surface area contributed by atoms with Crippen molar-refractivity contribution in [1.82, 2.24) is 0 Å². The highest BCUT2D eigenvalue weighted by Gasteiger charge is 2.41. The molecule has 3 N–H and O–H groups in total. The Bertz CT molecular complexity index is 712. The summed E-state index contributed by atoms with van der Waals surface area (Å²) in [5.41, 5.74) is 1.36. The van der Waals surface area contributed by atoms with E-state index < -0.39 is 17.9 Å². The van der Waals surface area contributed by atoms with Crippen LogP contribution in [-0.2, 0) is 16.0 Å². The Morgan fingerprint density at radius 1 is 1.09 bits per heavy atom. The molecule has 0 bridgehead atoms. The van der Waals surface area contributed by atoms with Gasteiger partial charge >= 0.3 is 5.97 Å². The predicted octanol–water partition coefficient (Wildman–Crippen LogP) is 2.16. The van der Waals surface area contributed by atoms with Crippen molar-refractivity contribution in [3.63, 3.8) is 0 Å². The van der Waals surface area contributed by atoms with Crippen LogP contribution in [0.3, 0.4) is 0 Å². The van der Waals surface area contributed by atoms with Gasteiger partial charge in [-0.2, -0.15) is 0 Å². The summed E-state index contributed by atoms with van der Waals surface area (Å²) in [5, 5.41) is 29.7. The van der Waals surface area contributed by atoms with Crippen LogP contribution < -0.4 is 0 Å². The lowest BCUT2D eigenvalue weighted by Crippen LogP contribution is -2.24. The number of benzene rings is 2. The van der Waals surface area contributed by atoms with Gasteiger partial charge in [0.25, 0.3) is 0 Å². The molecule has 5 heteroatoms. The van der Waals surface area contributed by atoms with E-state index in [0.717, 1.165) is 5.56 Å². The van der Waals surface area contributed by atoms with Crippen molar-refractivity contribution < 1.29 is 24.9 Å². The Balaban J connectivity index is 1.82. The number of phenols is 2. The lowest BCUT2D eigenvalue weighted by molar-refractivity contribution is -0.141. The molecular weight excluding hydrogens is 296 g/mol. The minimum Gasteiger partial charge on any atom is -0.508 e. The molecule has 1 heterocycles. The average Bonchev–Trinajstić information content (AvgIpc) is 2.88. The number of phenolic OH excluding ortho intramolecular Hbond substituents is 2. The van der Waals surface area contributed by atoms with Gasteiger partial charge in [-0.1, -0.05) is 24.3 Å². The lowest BCUT2D eigenvalue weighted by atomic mass is 9.83. The first-order valence-corrected chi connectivity index (χ1v) is 7.46. The number of hydrogen-bond donors (Lipinski definition) is 3. The molecule has 1 saturated heterocycles. The molecule has 1 aliphatic heterocycles. The number of hydrogen-bond acceptors (Lipinski definition) is 5. The highest BCUT2D eigenvalue weighted by Crippen LogP contribution is 2.36. The highest BCUT2D eigenvalue weighted by atomic mass is 16.5. The summed E-state index contributed by atoms with van der Waals surface area (Å²) in [7, 11) is 0. The zero-order chi connectivity index (χ0) is 16.4. The minimum atomic E-state index is -0.907. The van der Waals surface area contributed by atoms with E-state index in [1.165, 1.54) is 12.1 Å². The van der Waals surface area contributed by atoms with E-state index in [2.05, 4.69) is 0 Å². The first-order valence-electron chi connectivity index (χ1n) is 7.46. The van der Waals surface area contributed by atoms with Crippen LogP contribution in [0.2, 0.25) is 0 Å². The topological polar surface area (TPSA) is 87.0 Å². The number of esters is 1. The predicted molar refractivity (Wildman–Crippen MR) is 82.8 cm³/mol. The summed E-state index contributed by atoms with van der Waals surface area (Å²) in [6, 6.07) is 13.1. The summed E-state index contributed by atoms with van der Waals surface area (Å²) >= 11 is 0. The van der Waals surface area contributed by atoms with Gasteiger partial charge in [0.05, 0.1) is 18.6 Å². The molecule has 0 saturated carbocycles. The quantitative estimate of drug-likeness (QED) is 0.753. The Morgan fingerprint density at radius 3 is 2.48 bits per heavy atom. The summed E-state index contributed by atoms with van der Waals surface area (Å²) in [6.07, 6.45) is -0.524. The number of cyclic esters (lactones) is 1. The molecule has 0 aromatic heterocycles. The van der Waals surface area contributed by atoms with Crippen molar-refractivity contribution in [1.29, 1.82) is 0 Å². The van der Waals surface area contributed by atoms with Crippen molar-refractivity contribution >= 4 is 5.97 Å². The molecule has 1 aliphatic rings. The molecule has 23 heavy (non-hydrogen) atoms. The van der Waals surface area contributed by atoms with Crippen molar-refractivity contribution in [3.05, 3.63) is 59.7 Å². The van der Waals surface area contributed by atoms with Gasteiger partial charge in [-0.05, 0) is 41.8 Å². The summed E-state index contributed by atoms with van der Waals surface area (Å²) in [4.78, 5) is 12.0. The fourth-order valence-electron chi connectivity index (χ4n) is 3.02. The molecule has 0 aliphatic carbocycles. The van der Waals surface area contributed by atoms with Crippen LogP contribution in [0.15, 0.2) is 48.5 Å². The Morgan fingerprint density at radius 2 is 1.78 bits per heavy atom. The van der Waals surface area contributed by atoms with Gasteiger partial charge in [-0.3, -0.25) is 4.79 Å². The fourth-order valence-corrected chi connectivity index (χ4v) is 3.02. The second-order valence-electron chi connectivity index (χ2n) is 5.81. The van der Waals surface area contributed by atoms with Gasteiger partial charge < -0.3 is 20.1 Å². The molecule has 0 amide bonds. The van der Waals surface area contributed by atoms with Crippen LogP contribution in [0.25, 0.3) is 0 Å². The number of ether oxygens (including phenoxy) is 1. The van der Waals surface area contributed by atoms with Crippen LogP contribution in [-0.4, -0.2) is 27.9 Å². The van der Waals surface area contributed by atoms with Gasteiger partial charge in [-0.25, -0.2) is 0 Å². The van der Waals surface area contributed by atoms with E-state index >= 15 is 0 Å². The van der Waals surface area contributed by atoms with Gasteiger partial charge in [-0.15, -0.1) is 0 Å². The van der Waals surface area contributed by atoms with Gasteiger partial charge in [0.1, 0.15) is 11.5 Å². The van der Waals surface area contributed by atoms with Crippen LogP contribution in [0, 0.1) is 11.8 Å². The SMILES string of the molecule is O=C1OC[C@H]([C@H](O)c2cccc(O)c2)[C@H]1Cc1cccc(O)c1. The number of carbonyl (C=O) groups excluding carboxylic acids is 1. The molecule has 5 nitrogen and oxygen atoms in total. The third-order valence-electron chi connectivity index (χ3n) is 4.22. The van der Waals surface area contributed by atoms with Gasteiger partial charge in [0.2, 0.25) is 0 Å². The third-order valence-corrected chi connectivity index (χ3v) is 4.22. The van der Waals surface area contributed by atoms with E-state index in [0.29, 0.717) is 12.0 Å². The lowest BCUT2D eigenvalue weighted by Gasteiger charge is -2.21. The normalized spacial score (nSPS) is 21.9. The maximum atomic E-state index is 12.0. The zero-order valence-electron chi connectivity index (χ0n) is 12.4. The molecule has 120 valence electrons. The Hall–Kier alpha value is -2.53. The molecule has 2 aromatic carbocycles. The third kappa shape index (κ3) is 3.29. The van der Waals surface area contributed by atoms with E-state index in [9.17, 15) is 20.1 Å². The summed E-state index contributed by atoms with van der Waals surface area (Å²) in [5.74, 6) is -1.03. The van der Waals surface area contributed by atoms with Gasteiger partial charge in [0, 0.05) is 5.92 Å². The summed E-state index contributed by atoms with van der Waals surface area (Å²) < 4.78 is 5.13. The molecule has 1 fully saturated rings. The first-order chi connectivity index (χ1) is 11.0. The van der Waals surface area contributed by atoms with Crippen molar-refractivity contribution in [2.75, 3.05) is 6.61 Å². The molecule has 3 atom stereocenters. The van der Waals surface area contributed by atoms with E-state index in [-0.39, 0.29) is 24.1 Å². The molecule has 2 aromatic rings. The summed E-state index contributed by atoms with van der Waals surface area (Å²) in [6.45, 7) is 0.138. The number of aliphatic hydroxyl groups is 1. The van der Waals surface area contributed by atoms with E-state index in [1.807, 2.05) is 6.07 Å². The standard InChI is InChI=1S/C18H18O5/c19-13-5-1-3-11(7-13)8-15-16(10-23-18(15)22)17(21)12-4-2-6-14(20)9-12/h1-7,9,15-17,19-21H,8,10H2/t15-,16+,17-/m1/s1. The van der Waals surface area contributed by atoms with Gasteiger partial charge in [0.15, 0.2) is 0 Å². The average molecular weight is 314 g/mol. The maximum Gasteiger partial charge on any atom is 0.309 e. The first kappa shape index (κ1) is 15.4. The number of aromatic hydroxyl groups is 2. The van der Waals surface area contributed by atoms with Crippen LogP contribution in [0.1, 0.15) is 17.2 Å². The molecular formula is C18H18O5. The van der Waals surface area contributed by atoms with Crippen LogP contribution >= 0.6 is 0 Å². The Kier molecular flexibility index (Phi) is 4.21. The molecule has 0 unspecified atom stereocenters. The molecule has 3 rings (SSSR count). The second-order valence-corrected chi connectivity index (χ2v) is 5.81. The molecule has 0 radical (unpaired) electrons. The van der Waals surface area contributed by atoms with Crippen LogP contribution in [0.4, 0.5) is 0 Å². The van der Waals surface area contributed by atoms with E-state index in [4.69, 9.17) is 4.74 Å². The van der Waals surface area contributed by atoms with Crippen LogP contribution in [0.5, 0.6) is 11.5 Å². The number of carbonyl (C=O) groups is 1. The number of aliphatic hydroxyl groups excluding tert-OH is 1. The maximum absolute atomic E-state index is 12.0. The Labute approximate surface area is 133 Å². The number of rotatable bonds is 4. The zero-order valence-corrected chi connectivity index (χ0v) is 12.4. The fraction of sp³-hybridized carbons (Fsp3) is 0.278. The van der Waals surface area contributed by atoms with E-state index in [1.54, 1.807) is 30.3 Å². The largest absolute Gasteiger partial charge is 0.508 e. The monoisotopic (exact) mass is 314 g/mol. The van der Waals surface area contributed by atoms with Crippen molar-refractivity contribution in [2.45, 2.75) is 12.5 Å².